The fraction of sp³-hybridized carbons (Fsp3) is 0.562. The van der Waals surface area contributed by atoms with Crippen LogP contribution in [0.25, 0.3) is 0 Å². The Balaban J connectivity index is 1.77. The highest BCUT2D eigenvalue weighted by molar-refractivity contribution is 5.77. The first-order chi connectivity index (χ1) is 9.66. The largest absolute Gasteiger partial charge is 0.368 e. The lowest BCUT2D eigenvalue weighted by Crippen LogP contribution is -2.36. The van der Waals surface area contributed by atoms with E-state index in [0.717, 1.165) is 31.5 Å². The monoisotopic (exact) mass is 276 g/mol. The van der Waals surface area contributed by atoms with Crippen LogP contribution in [0.4, 0.5) is 0 Å². The van der Waals surface area contributed by atoms with Gasteiger partial charge >= 0.3 is 0 Å². The molecule has 1 aliphatic rings. The van der Waals surface area contributed by atoms with Crippen LogP contribution in [-0.2, 0) is 9.53 Å². The maximum Gasteiger partial charge on any atom is 0.246 e. The standard InChI is InChI=1S/C16H24N2O2/c1-12-5-3-4-6-15(12)13(2)18-16(19)11-20-14-7-9-17-10-8-14/h3-6,13-14,17H,7-11H2,1-2H3,(H,18,19). The normalized spacial score (nSPS) is 17.7. The lowest BCUT2D eigenvalue weighted by Gasteiger charge is -2.23. The van der Waals surface area contributed by atoms with Gasteiger partial charge in [0.15, 0.2) is 0 Å². The number of hydrogen-bond donors (Lipinski definition) is 2. The fourth-order valence-electron chi connectivity index (χ4n) is 2.59. The first-order valence-electron chi connectivity index (χ1n) is 7.34. The number of amides is 1. The summed E-state index contributed by atoms with van der Waals surface area (Å²) < 4.78 is 5.66. The summed E-state index contributed by atoms with van der Waals surface area (Å²) in [7, 11) is 0. The topological polar surface area (TPSA) is 50.4 Å². The second-order valence-corrected chi connectivity index (χ2v) is 5.41. The summed E-state index contributed by atoms with van der Waals surface area (Å²) in [6, 6.07) is 8.13. The molecule has 0 radical (unpaired) electrons. The van der Waals surface area contributed by atoms with Crippen molar-refractivity contribution in [2.24, 2.45) is 0 Å². The molecule has 1 aliphatic heterocycles. The molecule has 0 bridgehead atoms. The zero-order valence-corrected chi connectivity index (χ0v) is 12.3. The molecule has 0 spiro atoms. The Hall–Kier alpha value is -1.39. The summed E-state index contributed by atoms with van der Waals surface area (Å²) in [4.78, 5) is 11.9. The van der Waals surface area contributed by atoms with Crippen molar-refractivity contribution in [3.05, 3.63) is 35.4 Å². The van der Waals surface area contributed by atoms with Crippen molar-refractivity contribution < 1.29 is 9.53 Å². The van der Waals surface area contributed by atoms with Crippen LogP contribution < -0.4 is 10.6 Å². The van der Waals surface area contributed by atoms with Crippen molar-refractivity contribution >= 4 is 5.91 Å². The Morgan fingerprint density at radius 1 is 1.40 bits per heavy atom. The van der Waals surface area contributed by atoms with E-state index >= 15 is 0 Å². The molecule has 0 aromatic heterocycles. The van der Waals surface area contributed by atoms with Gasteiger partial charge in [-0.2, -0.15) is 0 Å². The van der Waals surface area contributed by atoms with Gasteiger partial charge in [0.1, 0.15) is 6.61 Å². The molecule has 1 unspecified atom stereocenters. The average Bonchev–Trinajstić information content (AvgIpc) is 2.46. The molecule has 4 nitrogen and oxygen atoms in total. The molecule has 1 aromatic carbocycles. The highest BCUT2D eigenvalue weighted by Gasteiger charge is 2.16. The SMILES string of the molecule is Cc1ccccc1C(C)NC(=O)COC1CCNCC1. The second kappa shape index (κ2) is 7.41. The smallest absolute Gasteiger partial charge is 0.246 e. The van der Waals surface area contributed by atoms with Crippen LogP contribution in [0.5, 0.6) is 0 Å². The first kappa shape index (κ1) is 15.0. The van der Waals surface area contributed by atoms with E-state index in [2.05, 4.69) is 23.6 Å². The van der Waals surface area contributed by atoms with Gasteiger partial charge in [-0.3, -0.25) is 4.79 Å². The Morgan fingerprint density at radius 3 is 2.80 bits per heavy atom. The van der Waals surface area contributed by atoms with Crippen molar-refractivity contribution in [3.8, 4) is 0 Å². The molecular weight excluding hydrogens is 252 g/mol. The van der Waals surface area contributed by atoms with E-state index < -0.39 is 0 Å². The third-order valence-electron chi connectivity index (χ3n) is 3.77. The van der Waals surface area contributed by atoms with Gasteiger partial charge in [0.05, 0.1) is 12.1 Å². The zero-order valence-electron chi connectivity index (χ0n) is 12.3. The van der Waals surface area contributed by atoms with Crippen LogP contribution in [0.2, 0.25) is 0 Å². The first-order valence-corrected chi connectivity index (χ1v) is 7.34. The molecule has 2 N–H and O–H groups in total. The third-order valence-corrected chi connectivity index (χ3v) is 3.77. The molecule has 110 valence electrons. The molecule has 0 aliphatic carbocycles. The minimum atomic E-state index is -0.0423. The van der Waals surface area contributed by atoms with Crippen LogP contribution >= 0.6 is 0 Å². The summed E-state index contributed by atoms with van der Waals surface area (Å²) in [5.41, 5.74) is 2.35. The van der Waals surface area contributed by atoms with Crippen molar-refractivity contribution in [2.45, 2.75) is 38.8 Å². The number of rotatable bonds is 5. The van der Waals surface area contributed by atoms with Crippen molar-refractivity contribution in [1.29, 1.82) is 0 Å². The van der Waals surface area contributed by atoms with E-state index in [0.29, 0.717) is 0 Å². The van der Waals surface area contributed by atoms with Gasteiger partial charge in [-0.05, 0) is 50.9 Å². The van der Waals surface area contributed by atoms with E-state index in [1.807, 2.05) is 25.1 Å². The molecule has 4 heteroatoms. The Morgan fingerprint density at radius 2 is 2.10 bits per heavy atom. The third kappa shape index (κ3) is 4.32. The number of carbonyl (C=O) groups excluding carboxylic acids is 1. The molecule has 1 saturated heterocycles. The van der Waals surface area contributed by atoms with Crippen LogP contribution in [0.1, 0.15) is 36.9 Å². The highest BCUT2D eigenvalue weighted by Crippen LogP contribution is 2.16. The molecule has 20 heavy (non-hydrogen) atoms. The van der Waals surface area contributed by atoms with E-state index in [9.17, 15) is 4.79 Å². The minimum absolute atomic E-state index is 0.0142. The number of hydrogen-bond acceptors (Lipinski definition) is 3. The predicted molar refractivity (Wildman–Crippen MR) is 79.6 cm³/mol. The maximum atomic E-state index is 11.9. The number of carbonyl (C=O) groups is 1. The van der Waals surface area contributed by atoms with E-state index in [1.54, 1.807) is 0 Å². The van der Waals surface area contributed by atoms with Gasteiger partial charge in [0, 0.05) is 0 Å². The average molecular weight is 276 g/mol. The molecule has 1 amide bonds. The van der Waals surface area contributed by atoms with Crippen molar-refractivity contribution in [2.75, 3.05) is 19.7 Å². The van der Waals surface area contributed by atoms with Crippen molar-refractivity contribution in [1.82, 2.24) is 10.6 Å². The highest BCUT2D eigenvalue weighted by atomic mass is 16.5. The second-order valence-electron chi connectivity index (χ2n) is 5.41. The molecular formula is C16H24N2O2. The van der Waals surface area contributed by atoms with E-state index in [-0.39, 0.29) is 24.7 Å². The summed E-state index contributed by atoms with van der Waals surface area (Å²) in [5, 5.41) is 6.28. The lowest BCUT2D eigenvalue weighted by atomic mass is 10.0. The van der Waals surface area contributed by atoms with Crippen LogP contribution in [0.15, 0.2) is 24.3 Å². The van der Waals surface area contributed by atoms with Crippen LogP contribution in [-0.4, -0.2) is 31.7 Å². The zero-order chi connectivity index (χ0) is 14.4. The quantitative estimate of drug-likeness (QED) is 0.864. The molecule has 0 saturated carbocycles. The summed E-state index contributed by atoms with van der Waals surface area (Å²) in [6.45, 7) is 6.17. The minimum Gasteiger partial charge on any atom is -0.368 e. The lowest BCUT2D eigenvalue weighted by molar-refractivity contribution is -0.128. The maximum absolute atomic E-state index is 11.9. The number of nitrogens with one attached hydrogen (secondary N) is 2. The summed E-state index contributed by atoms with van der Waals surface area (Å²) in [6.07, 6.45) is 2.19. The summed E-state index contributed by atoms with van der Waals surface area (Å²) in [5.74, 6) is -0.0423. The fourth-order valence-corrected chi connectivity index (χ4v) is 2.59. The molecule has 1 fully saturated rings. The number of aryl methyl sites for hydroxylation is 1. The van der Waals surface area contributed by atoms with Gasteiger partial charge < -0.3 is 15.4 Å². The van der Waals surface area contributed by atoms with Gasteiger partial charge in [-0.15, -0.1) is 0 Å². The molecule has 1 heterocycles. The van der Waals surface area contributed by atoms with Crippen LogP contribution in [0.3, 0.4) is 0 Å². The summed E-state index contributed by atoms with van der Waals surface area (Å²) >= 11 is 0. The van der Waals surface area contributed by atoms with Crippen LogP contribution in [0, 0.1) is 6.92 Å². The number of piperidine rings is 1. The van der Waals surface area contributed by atoms with Gasteiger partial charge in [0.25, 0.3) is 0 Å². The Bertz CT molecular complexity index is 442. The number of ether oxygens (including phenoxy) is 1. The van der Waals surface area contributed by atoms with E-state index in [4.69, 9.17) is 4.74 Å². The number of benzene rings is 1. The van der Waals surface area contributed by atoms with Gasteiger partial charge in [-0.25, -0.2) is 0 Å². The Kier molecular flexibility index (Phi) is 5.56. The van der Waals surface area contributed by atoms with E-state index in [1.165, 1.54) is 5.56 Å². The predicted octanol–water partition coefficient (Wildman–Crippen LogP) is 1.94. The van der Waals surface area contributed by atoms with Crippen molar-refractivity contribution in [3.63, 3.8) is 0 Å². The Labute approximate surface area is 120 Å². The molecule has 1 atom stereocenters. The van der Waals surface area contributed by atoms with Gasteiger partial charge in [0.2, 0.25) is 5.91 Å². The molecule has 2 rings (SSSR count). The van der Waals surface area contributed by atoms with Gasteiger partial charge in [-0.1, -0.05) is 24.3 Å². The molecule has 1 aromatic rings.